The molecule has 0 aromatic heterocycles. The minimum Gasteiger partial charge on any atom is -0.355 e. The highest BCUT2D eigenvalue weighted by Crippen LogP contribution is 2.17. The summed E-state index contributed by atoms with van der Waals surface area (Å²) < 4.78 is 0. The molecule has 1 saturated heterocycles. The number of likely N-dealkylation sites (tertiary alicyclic amines) is 1. The predicted octanol–water partition coefficient (Wildman–Crippen LogP) is 1.49. The molecule has 0 spiro atoms. The Morgan fingerprint density at radius 2 is 2.17 bits per heavy atom. The van der Waals surface area contributed by atoms with Gasteiger partial charge in [0.15, 0.2) is 0 Å². The summed E-state index contributed by atoms with van der Waals surface area (Å²) in [6, 6.07) is 7.05. The summed E-state index contributed by atoms with van der Waals surface area (Å²) in [5.41, 5.74) is 6.07. The molecule has 1 atom stereocenters. The Morgan fingerprint density at radius 1 is 1.38 bits per heavy atom. The Morgan fingerprint density at radius 3 is 2.88 bits per heavy atom. The van der Waals surface area contributed by atoms with E-state index in [1.165, 1.54) is 0 Å². The summed E-state index contributed by atoms with van der Waals surface area (Å²) in [6.45, 7) is 2.62. The second kappa shape index (κ2) is 10.5. The summed E-state index contributed by atoms with van der Waals surface area (Å²) >= 11 is 5.90. The van der Waals surface area contributed by atoms with Crippen molar-refractivity contribution in [3.05, 3.63) is 29.3 Å². The summed E-state index contributed by atoms with van der Waals surface area (Å²) in [6.07, 6.45) is 1.76. The van der Waals surface area contributed by atoms with Crippen LogP contribution in [0.1, 0.15) is 12.8 Å². The molecule has 1 aliphatic heterocycles. The second-order valence-corrected chi connectivity index (χ2v) is 6.15. The predicted molar refractivity (Wildman–Crippen MR) is 98.6 cm³/mol. The maximum atomic E-state index is 12.1. The summed E-state index contributed by atoms with van der Waals surface area (Å²) in [7, 11) is 0. The normalized spacial score (nSPS) is 17.7. The topological polar surface area (TPSA) is 87.5 Å². The Labute approximate surface area is 153 Å². The van der Waals surface area contributed by atoms with Gasteiger partial charge in [0.2, 0.25) is 11.8 Å². The van der Waals surface area contributed by atoms with E-state index in [2.05, 4.69) is 10.6 Å². The van der Waals surface area contributed by atoms with Crippen molar-refractivity contribution in [3.63, 3.8) is 0 Å². The quantitative estimate of drug-likeness (QED) is 0.703. The number of piperidine rings is 1. The van der Waals surface area contributed by atoms with Crippen molar-refractivity contribution in [2.24, 2.45) is 11.7 Å². The van der Waals surface area contributed by atoms with Gasteiger partial charge in [-0.15, -0.1) is 12.4 Å². The first-order valence-electron chi connectivity index (χ1n) is 7.84. The third-order valence-electron chi connectivity index (χ3n) is 3.80. The van der Waals surface area contributed by atoms with Gasteiger partial charge >= 0.3 is 0 Å². The first-order valence-corrected chi connectivity index (χ1v) is 8.22. The maximum Gasteiger partial charge on any atom is 0.238 e. The van der Waals surface area contributed by atoms with Gasteiger partial charge in [-0.05, 0) is 37.6 Å². The highest BCUT2D eigenvalue weighted by atomic mass is 35.5. The van der Waals surface area contributed by atoms with Gasteiger partial charge in [0.1, 0.15) is 0 Å². The van der Waals surface area contributed by atoms with Crippen LogP contribution in [-0.2, 0) is 9.59 Å². The molecular weight excluding hydrogens is 351 g/mol. The number of amides is 2. The largest absolute Gasteiger partial charge is 0.355 e. The number of nitrogens with one attached hydrogen (secondary N) is 2. The number of rotatable bonds is 6. The fourth-order valence-electron chi connectivity index (χ4n) is 2.72. The molecule has 0 bridgehead atoms. The first-order chi connectivity index (χ1) is 11.1. The van der Waals surface area contributed by atoms with E-state index in [4.69, 9.17) is 17.3 Å². The third-order valence-corrected chi connectivity index (χ3v) is 4.03. The first kappa shape index (κ1) is 20.7. The van der Waals surface area contributed by atoms with Crippen LogP contribution in [0.4, 0.5) is 5.69 Å². The van der Waals surface area contributed by atoms with Gasteiger partial charge in [-0.3, -0.25) is 14.5 Å². The van der Waals surface area contributed by atoms with E-state index in [1.54, 1.807) is 24.3 Å². The average molecular weight is 375 g/mol. The number of hydrogen-bond acceptors (Lipinski definition) is 4. The van der Waals surface area contributed by atoms with Crippen LogP contribution in [0.2, 0.25) is 5.02 Å². The molecule has 6 nitrogen and oxygen atoms in total. The number of nitrogens with two attached hydrogens (primary N) is 1. The van der Waals surface area contributed by atoms with Gasteiger partial charge in [0.25, 0.3) is 0 Å². The zero-order valence-electron chi connectivity index (χ0n) is 13.5. The molecule has 8 heteroatoms. The van der Waals surface area contributed by atoms with Crippen molar-refractivity contribution >= 4 is 41.5 Å². The number of benzene rings is 1. The van der Waals surface area contributed by atoms with Crippen LogP contribution >= 0.6 is 24.0 Å². The molecule has 1 heterocycles. The van der Waals surface area contributed by atoms with Crippen LogP contribution < -0.4 is 16.4 Å². The van der Waals surface area contributed by atoms with Crippen LogP contribution in [-0.4, -0.2) is 49.4 Å². The lowest BCUT2D eigenvalue weighted by Gasteiger charge is -2.31. The van der Waals surface area contributed by atoms with Crippen molar-refractivity contribution in [3.8, 4) is 0 Å². The van der Waals surface area contributed by atoms with Crippen molar-refractivity contribution in [2.45, 2.75) is 12.8 Å². The Kier molecular flexibility index (Phi) is 9.07. The SMILES string of the molecule is Cl.NCCNC(=O)C1CCCN(CC(=O)Nc2cccc(Cl)c2)C1. The van der Waals surface area contributed by atoms with E-state index in [0.29, 0.717) is 30.3 Å². The van der Waals surface area contributed by atoms with E-state index in [-0.39, 0.29) is 36.7 Å². The van der Waals surface area contributed by atoms with E-state index in [0.717, 1.165) is 19.4 Å². The van der Waals surface area contributed by atoms with Gasteiger partial charge < -0.3 is 16.4 Å². The molecule has 1 aromatic rings. The van der Waals surface area contributed by atoms with Crippen molar-refractivity contribution in [1.82, 2.24) is 10.2 Å². The van der Waals surface area contributed by atoms with E-state index in [1.807, 2.05) is 4.90 Å². The number of carbonyl (C=O) groups is 2. The fourth-order valence-corrected chi connectivity index (χ4v) is 2.91. The molecule has 0 aliphatic carbocycles. The van der Waals surface area contributed by atoms with Gasteiger partial charge in [-0.25, -0.2) is 0 Å². The van der Waals surface area contributed by atoms with Gasteiger partial charge in [0, 0.05) is 30.3 Å². The van der Waals surface area contributed by atoms with E-state index in [9.17, 15) is 9.59 Å². The average Bonchev–Trinajstić information content (AvgIpc) is 2.52. The van der Waals surface area contributed by atoms with Gasteiger partial charge in [0.05, 0.1) is 12.5 Å². The number of nitrogens with zero attached hydrogens (tertiary/aromatic N) is 1. The molecule has 1 unspecified atom stereocenters. The zero-order valence-corrected chi connectivity index (χ0v) is 15.0. The number of anilines is 1. The lowest BCUT2D eigenvalue weighted by Crippen LogP contribution is -2.46. The fraction of sp³-hybridized carbons (Fsp3) is 0.500. The standard InChI is InChI=1S/C16H23ClN4O2.ClH/c17-13-4-1-5-14(9-13)20-15(22)11-21-8-2-3-12(10-21)16(23)19-7-6-18;/h1,4-5,9,12H,2-3,6-8,10-11,18H2,(H,19,23)(H,20,22);1H. The molecule has 1 fully saturated rings. The highest BCUT2D eigenvalue weighted by molar-refractivity contribution is 6.30. The van der Waals surface area contributed by atoms with Crippen molar-refractivity contribution in [1.29, 1.82) is 0 Å². The minimum absolute atomic E-state index is 0. The second-order valence-electron chi connectivity index (χ2n) is 5.71. The van der Waals surface area contributed by atoms with Crippen LogP contribution in [0, 0.1) is 5.92 Å². The minimum atomic E-state index is -0.102. The van der Waals surface area contributed by atoms with E-state index >= 15 is 0 Å². The van der Waals surface area contributed by atoms with Crippen LogP contribution in [0.25, 0.3) is 0 Å². The Hall–Kier alpha value is -1.34. The third kappa shape index (κ3) is 6.65. The van der Waals surface area contributed by atoms with Crippen molar-refractivity contribution in [2.75, 3.05) is 38.0 Å². The van der Waals surface area contributed by atoms with E-state index < -0.39 is 0 Å². The molecule has 2 amide bonds. The van der Waals surface area contributed by atoms with Gasteiger partial charge in [-0.1, -0.05) is 17.7 Å². The summed E-state index contributed by atoms with van der Waals surface area (Å²) in [5, 5.41) is 6.22. The van der Waals surface area contributed by atoms with Crippen LogP contribution in [0.15, 0.2) is 24.3 Å². The number of carbonyl (C=O) groups excluding carboxylic acids is 2. The lowest BCUT2D eigenvalue weighted by atomic mass is 9.97. The molecule has 24 heavy (non-hydrogen) atoms. The molecule has 0 saturated carbocycles. The summed E-state index contributed by atoms with van der Waals surface area (Å²) in [5.74, 6) is -0.153. The Bertz CT molecular complexity index is 557. The maximum absolute atomic E-state index is 12.1. The lowest BCUT2D eigenvalue weighted by molar-refractivity contribution is -0.127. The molecule has 1 aromatic carbocycles. The van der Waals surface area contributed by atoms with Crippen LogP contribution in [0.3, 0.4) is 0 Å². The summed E-state index contributed by atoms with van der Waals surface area (Å²) in [4.78, 5) is 26.1. The van der Waals surface area contributed by atoms with Gasteiger partial charge in [-0.2, -0.15) is 0 Å². The molecule has 4 N–H and O–H groups in total. The zero-order chi connectivity index (χ0) is 16.7. The molecule has 134 valence electrons. The monoisotopic (exact) mass is 374 g/mol. The molecular formula is C16H24Cl2N4O2. The van der Waals surface area contributed by atoms with Crippen LogP contribution in [0.5, 0.6) is 0 Å². The molecule has 1 aliphatic rings. The molecule has 2 rings (SSSR count). The number of hydrogen-bond donors (Lipinski definition) is 3. The van der Waals surface area contributed by atoms with Crippen molar-refractivity contribution < 1.29 is 9.59 Å². The smallest absolute Gasteiger partial charge is 0.238 e. The molecule has 0 radical (unpaired) electrons. The Balaban J connectivity index is 0.00000288. The highest BCUT2D eigenvalue weighted by Gasteiger charge is 2.26. The number of halogens is 2.